The van der Waals surface area contributed by atoms with Crippen LogP contribution in [0.1, 0.15) is 37.6 Å². The van der Waals surface area contributed by atoms with Crippen molar-refractivity contribution in [3.8, 4) is 5.75 Å². The van der Waals surface area contributed by atoms with Gasteiger partial charge in [-0.25, -0.2) is 0 Å². The maximum Gasteiger partial charge on any atom is 0.144 e. The SMILES string of the molecule is CCCOc1cccc(NC(CC)c2cccs2)c1N. The van der Waals surface area contributed by atoms with Crippen molar-refractivity contribution < 1.29 is 4.74 Å². The quantitative estimate of drug-likeness (QED) is 0.728. The molecule has 0 fully saturated rings. The summed E-state index contributed by atoms with van der Waals surface area (Å²) in [6, 6.07) is 10.4. The van der Waals surface area contributed by atoms with Gasteiger partial charge in [0.2, 0.25) is 0 Å². The van der Waals surface area contributed by atoms with Crippen LogP contribution in [0.25, 0.3) is 0 Å². The molecular weight excluding hydrogens is 268 g/mol. The summed E-state index contributed by atoms with van der Waals surface area (Å²) in [5.41, 5.74) is 7.83. The number of thiophene rings is 1. The number of hydrogen-bond donors (Lipinski definition) is 2. The van der Waals surface area contributed by atoms with Gasteiger partial charge in [-0.15, -0.1) is 11.3 Å². The Labute approximate surface area is 124 Å². The highest BCUT2D eigenvalue weighted by Crippen LogP contribution is 2.33. The summed E-state index contributed by atoms with van der Waals surface area (Å²) in [5.74, 6) is 0.762. The lowest BCUT2D eigenvalue weighted by Crippen LogP contribution is -2.10. The molecule has 4 heteroatoms. The molecule has 1 atom stereocenters. The summed E-state index contributed by atoms with van der Waals surface area (Å²) in [6.45, 7) is 4.95. The molecule has 2 aromatic rings. The Hall–Kier alpha value is -1.68. The largest absolute Gasteiger partial charge is 0.491 e. The Kier molecular flexibility index (Phi) is 5.30. The summed E-state index contributed by atoms with van der Waals surface area (Å²) < 4.78 is 5.67. The number of rotatable bonds is 7. The van der Waals surface area contributed by atoms with Crippen LogP contribution < -0.4 is 15.8 Å². The summed E-state index contributed by atoms with van der Waals surface area (Å²) in [7, 11) is 0. The molecule has 0 saturated heterocycles. The molecule has 0 bridgehead atoms. The van der Waals surface area contributed by atoms with Crippen LogP contribution in [-0.4, -0.2) is 6.61 Å². The second kappa shape index (κ2) is 7.20. The maximum absolute atomic E-state index is 6.20. The van der Waals surface area contributed by atoms with Gasteiger partial charge in [-0.3, -0.25) is 0 Å². The minimum absolute atomic E-state index is 0.290. The molecule has 0 amide bonds. The van der Waals surface area contributed by atoms with Crippen LogP contribution in [0.3, 0.4) is 0 Å². The van der Waals surface area contributed by atoms with Gasteiger partial charge < -0.3 is 15.8 Å². The Morgan fingerprint density at radius 1 is 1.25 bits per heavy atom. The van der Waals surface area contributed by atoms with Crippen LogP contribution in [0.4, 0.5) is 11.4 Å². The van der Waals surface area contributed by atoms with Crippen molar-refractivity contribution in [2.75, 3.05) is 17.7 Å². The topological polar surface area (TPSA) is 47.3 Å². The predicted molar refractivity (Wildman–Crippen MR) is 87.6 cm³/mol. The minimum atomic E-state index is 0.290. The second-order valence-electron chi connectivity index (χ2n) is 4.69. The van der Waals surface area contributed by atoms with E-state index < -0.39 is 0 Å². The van der Waals surface area contributed by atoms with Crippen molar-refractivity contribution in [2.45, 2.75) is 32.7 Å². The van der Waals surface area contributed by atoms with E-state index in [1.807, 2.05) is 18.2 Å². The average molecular weight is 290 g/mol. The Morgan fingerprint density at radius 2 is 2.10 bits per heavy atom. The molecule has 20 heavy (non-hydrogen) atoms. The number of nitrogens with two attached hydrogens (primary N) is 1. The van der Waals surface area contributed by atoms with Gasteiger partial charge in [0.05, 0.1) is 24.0 Å². The third-order valence-corrected chi connectivity index (χ3v) is 4.14. The van der Waals surface area contributed by atoms with Gasteiger partial charge in [-0.2, -0.15) is 0 Å². The van der Waals surface area contributed by atoms with E-state index in [9.17, 15) is 0 Å². The van der Waals surface area contributed by atoms with Crippen molar-refractivity contribution in [1.82, 2.24) is 0 Å². The molecule has 1 aromatic carbocycles. The van der Waals surface area contributed by atoms with Gasteiger partial charge in [0.1, 0.15) is 5.75 Å². The monoisotopic (exact) mass is 290 g/mol. The molecule has 0 radical (unpaired) electrons. The number of anilines is 2. The van der Waals surface area contributed by atoms with E-state index in [1.54, 1.807) is 11.3 Å². The summed E-state index contributed by atoms with van der Waals surface area (Å²) in [4.78, 5) is 1.33. The minimum Gasteiger partial charge on any atom is -0.491 e. The fourth-order valence-electron chi connectivity index (χ4n) is 2.06. The van der Waals surface area contributed by atoms with Gasteiger partial charge in [0, 0.05) is 4.88 Å². The van der Waals surface area contributed by atoms with Crippen LogP contribution in [0.15, 0.2) is 35.7 Å². The lowest BCUT2D eigenvalue weighted by Gasteiger charge is -2.19. The molecule has 1 unspecified atom stereocenters. The number of nitrogens with one attached hydrogen (secondary N) is 1. The fraction of sp³-hybridized carbons (Fsp3) is 0.375. The van der Waals surface area contributed by atoms with Crippen molar-refractivity contribution in [3.63, 3.8) is 0 Å². The standard InChI is InChI=1S/C16H22N2OS/c1-3-10-19-14-8-5-7-13(16(14)17)18-12(4-2)15-9-6-11-20-15/h5-9,11-12,18H,3-4,10,17H2,1-2H3. The average Bonchev–Trinajstić information content (AvgIpc) is 2.99. The van der Waals surface area contributed by atoms with E-state index in [-0.39, 0.29) is 0 Å². The highest BCUT2D eigenvalue weighted by Gasteiger charge is 2.13. The molecular formula is C16H22N2OS. The van der Waals surface area contributed by atoms with E-state index in [4.69, 9.17) is 10.5 Å². The lowest BCUT2D eigenvalue weighted by atomic mass is 10.1. The molecule has 1 aromatic heterocycles. The van der Waals surface area contributed by atoms with E-state index >= 15 is 0 Å². The molecule has 0 aliphatic rings. The number of nitrogen functional groups attached to an aromatic ring is 1. The van der Waals surface area contributed by atoms with E-state index in [0.717, 1.165) is 24.3 Å². The number of ether oxygens (including phenoxy) is 1. The van der Waals surface area contributed by atoms with Gasteiger partial charge in [0.15, 0.2) is 0 Å². The molecule has 0 saturated carbocycles. The first-order valence-electron chi connectivity index (χ1n) is 7.07. The molecule has 1 heterocycles. The molecule has 3 nitrogen and oxygen atoms in total. The van der Waals surface area contributed by atoms with Gasteiger partial charge >= 0.3 is 0 Å². The molecule has 3 N–H and O–H groups in total. The molecule has 0 aliphatic heterocycles. The lowest BCUT2D eigenvalue weighted by molar-refractivity contribution is 0.319. The molecule has 108 valence electrons. The zero-order chi connectivity index (χ0) is 14.4. The summed E-state index contributed by atoms with van der Waals surface area (Å²) in [5, 5.41) is 5.62. The zero-order valence-corrected chi connectivity index (χ0v) is 12.9. The molecule has 0 spiro atoms. The van der Waals surface area contributed by atoms with Crippen LogP contribution in [0.5, 0.6) is 5.75 Å². The van der Waals surface area contributed by atoms with Crippen molar-refractivity contribution in [1.29, 1.82) is 0 Å². The van der Waals surface area contributed by atoms with Crippen LogP contribution in [0, 0.1) is 0 Å². The predicted octanol–water partition coefficient (Wildman–Crippen LogP) is 4.68. The molecule has 0 aliphatic carbocycles. The van der Waals surface area contributed by atoms with Gasteiger partial charge in [-0.1, -0.05) is 26.0 Å². The van der Waals surface area contributed by atoms with Crippen molar-refractivity contribution >= 4 is 22.7 Å². The summed E-state index contributed by atoms with van der Waals surface area (Å²) in [6.07, 6.45) is 1.99. The van der Waals surface area contributed by atoms with Crippen molar-refractivity contribution in [3.05, 3.63) is 40.6 Å². The van der Waals surface area contributed by atoms with Gasteiger partial charge in [-0.05, 0) is 36.4 Å². The fourth-order valence-corrected chi connectivity index (χ4v) is 2.92. The van der Waals surface area contributed by atoms with Crippen molar-refractivity contribution in [2.24, 2.45) is 0 Å². The first kappa shape index (κ1) is 14.7. The smallest absolute Gasteiger partial charge is 0.144 e. The van der Waals surface area contributed by atoms with E-state index in [2.05, 4.69) is 36.7 Å². The van der Waals surface area contributed by atoms with Crippen LogP contribution in [0.2, 0.25) is 0 Å². The normalized spacial score (nSPS) is 12.1. The Balaban J connectivity index is 2.16. The van der Waals surface area contributed by atoms with E-state index in [1.165, 1.54) is 4.88 Å². The summed E-state index contributed by atoms with van der Waals surface area (Å²) >= 11 is 1.76. The first-order valence-corrected chi connectivity index (χ1v) is 7.95. The highest BCUT2D eigenvalue weighted by atomic mass is 32.1. The Morgan fingerprint density at radius 3 is 2.75 bits per heavy atom. The number of hydrogen-bond acceptors (Lipinski definition) is 4. The van der Waals surface area contributed by atoms with Crippen LogP contribution in [-0.2, 0) is 0 Å². The third-order valence-electron chi connectivity index (χ3n) is 3.15. The zero-order valence-electron chi connectivity index (χ0n) is 12.1. The third kappa shape index (κ3) is 3.45. The van der Waals surface area contributed by atoms with E-state index in [0.29, 0.717) is 18.3 Å². The Bertz CT molecular complexity index is 525. The molecule has 2 rings (SSSR count). The van der Waals surface area contributed by atoms with Gasteiger partial charge in [0.25, 0.3) is 0 Å². The number of para-hydroxylation sites is 1. The second-order valence-corrected chi connectivity index (χ2v) is 5.67. The highest BCUT2D eigenvalue weighted by molar-refractivity contribution is 7.10. The first-order chi connectivity index (χ1) is 9.76. The number of benzene rings is 1. The maximum atomic E-state index is 6.20. The van der Waals surface area contributed by atoms with Crippen LogP contribution >= 0.6 is 11.3 Å².